The zero-order valence-corrected chi connectivity index (χ0v) is 12.0. The zero-order chi connectivity index (χ0) is 14.2. The fourth-order valence-corrected chi connectivity index (χ4v) is 1.25. The minimum absolute atomic E-state index is 0.320. The molecule has 0 saturated carbocycles. The maximum atomic E-state index is 11.7. The van der Waals surface area contributed by atoms with Crippen LogP contribution < -0.4 is 0 Å². The molecule has 4 nitrogen and oxygen atoms in total. The molecule has 0 amide bonds. The van der Waals surface area contributed by atoms with E-state index in [1.165, 1.54) is 0 Å². The highest BCUT2D eigenvalue weighted by Crippen LogP contribution is 2.15. The fraction of sp³-hybridized carbons (Fsp3) is 0.714. The quantitative estimate of drug-likeness (QED) is 0.416. The molecule has 0 fully saturated rings. The summed E-state index contributed by atoms with van der Waals surface area (Å²) in [5, 5.41) is 0. The molecule has 0 aliphatic rings. The van der Waals surface area contributed by atoms with Gasteiger partial charge in [0, 0.05) is 5.57 Å². The Morgan fingerprint density at radius 1 is 1.11 bits per heavy atom. The van der Waals surface area contributed by atoms with Crippen molar-refractivity contribution >= 4 is 11.9 Å². The third-order valence-electron chi connectivity index (χ3n) is 2.22. The summed E-state index contributed by atoms with van der Waals surface area (Å²) in [6.07, 6.45) is 4.19. The van der Waals surface area contributed by atoms with Crippen LogP contribution in [0, 0.1) is 5.41 Å². The van der Waals surface area contributed by atoms with Crippen LogP contribution in [0.3, 0.4) is 0 Å². The highest BCUT2D eigenvalue weighted by Gasteiger charge is 2.23. The summed E-state index contributed by atoms with van der Waals surface area (Å²) in [6, 6.07) is 0. The van der Waals surface area contributed by atoms with Crippen molar-refractivity contribution in [3.8, 4) is 0 Å². The van der Waals surface area contributed by atoms with Gasteiger partial charge in [-0.2, -0.15) is 0 Å². The first-order valence-electron chi connectivity index (χ1n) is 6.36. The van der Waals surface area contributed by atoms with Gasteiger partial charge in [0.25, 0.3) is 0 Å². The Morgan fingerprint density at radius 2 is 1.72 bits per heavy atom. The molecular weight excluding hydrogens is 232 g/mol. The molecule has 18 heavy (non-hydrogen) atoms. The van der Waals surface area contributed by atoms with Gasteiger partial charge in [0.05, 0.1) is 5.41 Å². The lowest BCUT2D eigenvalue weighted by Gasteiger charge is -2.16. The molecule has 0 radical (unpaired) electrons. The Balaban J connectivity index is 4.18. The maximum Gasteiger partial charge on any atom is 0.336 e. The van der Waals surface area contributed by atoms with Crippen molar-refractivity contribution in [3.63, 3.8) is 0 Å². The minimum Gasteiger partial charge on any atom is -0.427 e. The van der Waals surface area contributed by atoms with Gasteiger partial charge in [-0.3, -0.25) is 4.79 Å². The van der Waals surface area contributed by atoms with Crippen molar-refractivity contribution < 1.29 is 19.1 Å². The molecular formula is C14H24O4. The van der Waals surface area contributed by atoms with Crippen LogP contribution >= 0.6 is 0 Å². The summed E-state index contributed by atoms with van der Waals surface area (Å²) in [6.45, 7) is 8.88. The lowest BCUT2D eigenvalue weighted by atomic mass is 9.98. The van der Waals surface area contributed by atoms with Crippen LogP contribution in [0.1, 0.15) is 53.9 Å². The SMILES string of the molecule is CCC=C(CCC)C(=O)OCOC(=O)C(C)(C)C. The predicted molar refractivity (Wildman–Crippen MR) is 69.8 cm³/mol. The predicted octanol–water partition coefficient (Wildman–Crippen LogP) is 3.21. The van der Waals surface area contributed by atoms with Crippen LogP contribution in [-0.2, 0) is 19.1 Å². The molecule has 0 spiro atoms. The Morgan fingerprint density at radius 3 is 2.17 bits per heavy atom. The molecule has 104 valence electrons. The average Bonchev–Trinajstić information content (AvgIpc) is 2.27. The molecule has 0 rings (SSSR count). The Hall–Kier alpha value is -1.32. The van der Waals surface area contributed by atoms with E-state index in [1.807, 2.05) is 19.9 Å². The second kappa shape index (κ2) is 7.90. The zero-order valence-electron chi connectivity index (χ0n) is 12.0. The number of carbonyl (C=O) groups excluding carboxylic acids is 2. The number of hydrogen-bond acceptors (Lipinski definition) is 4. The van der Waals surface area contributed by atoms with E-state index < -0.39 is 11.4 Å². The first kappa shape index (κ1) is 16.7. The van der Waals surface area contributed by atoms with E-state index in [0.717, 1.165) is 12.8 Å². The van der Waals surface area contributed by atoms with Gasteiger partial charge < -0.3 is 9.47 Å². The van der Waals surface area contributed by atoms with E-state index in [-0.39, 0.29) is 12.8 Å². The largest absolute Gasteiger partial charge is 0.427 e. The number of carbonyl (C=O) groups is 2. The minimum atomic E-state index is -0.585. The highest BCUT2D eigenvalue weighted by atomic mass is 16.7. The van der Waals surface area contributed by atoms with Crippen LogP contribution in [0.2, 0.25) is 0 Å². The summed E-state index contributed by atoms with van der Waals surface area (Å²) in [5.41, 5.74) is 0.0598. The Kier molecular flexibility index (Phi) is 7.32. The second-order valence-corrected chi connectivity index (χ2v) is 5.12. The molecule has 0 aliphatic heterocycles. The third kappa shape index (κ3) is 6.42. The summed E-state index contributed by atoms with van der Waals surface area (Å²) in [7, 11) is 0. The molecule has 0 bridgehead atoms. The van der Waals surface area contributed by atoms with Crippen LogP contribution in [0.4, 0.5) is 0 Å². The molecule has 0 N–H and O–H groups in total. The van der Waals surface area contributed by atoms with E-state index in [0.29, 0.717) is 12.0 Å². The fourth-order valence-electron chi connectivity index (χ4n) is 1.25. The van der Waals surface area contributed by atoms with Gasteiger partial charge in [-0.1, -0.05) is 26.3 Å². The van der Waals surface area contributed by atoms with Crippen molar-refractivity contribution in [2.24, 2.45) is 5.41 Å². The first-order valence-corrected chi connectivity index (χ1v) is 6.36. The van der Waals surface area contributed by atoms with Gasteiger partial charge in [-0.25, -0.2) is 4.79 Å². The molecule has 0 heterocycles. The number of ether oxygens (including phenoxy) is 2. The normalized spacial score (nSPS) is 12.2. The summed E-state index contributed by atoms with van der Waals surface area (Å²) in [5.74, 6) is -0.785. The highest BCUT2D eigenvalue weighted by molar-refractivity contribution is 5.88. The van der Waals surface area contributed by atoms with Gasteiger partial charge in [-0.15, -0.1) is 0 Å². The van der Waals surface area contributed by atoms with Gasteiger partial charge in [0.15, 0.2) is 0 Å². The second-order valence-electron chi connectivity index (χ2n) is 5.12. The molecule has 0 unspecified atom stereocenters. The van der Waals surface area contributed by atoms with Crippen molar-refractivity contribution in [2.75, 3.05) is 6.79 Å². The summed E-state index contributed by atoms with van der Waals surface area (Å²) < 4.78 is 9.80. The van der Waals surface area contributed by atoms with E-state index in [9.17, 15) is 9.59 Å². The molecule has 0 saturated heterocycles. The van der Waals surface area contributed by atoms with Gasteiger partial charge in [0.2, 0.25) is 6.79 Å². The lowest BCUT2D eigenvalue weighted by Crippen LogP contribution is -2.25. The summed E-state index contributed by atoms with van der Waals surface area (Å²) in [4.78, 5) is 23.1. The van der Waals surface area contributed by atoms with E-state index in [4.69, 9.17) is 9.47 Å². The van der Waals surface area contributed by atoms with Gasteiger partial charge in [-0.05, 0) is 33.6 Å². The smallest absolute Gasteiger partial charge is 0.336 e. The number of hydrogen-bond donors (Lipinski definition) is 0. The van der Waals surface area contributed by atoms with E-state index in [2.05, 4.69) is 0 Å². The van der Waals surface area contributed by atoms with Crippen LogP contribution in [0.5, 0.6) is 0 Å². The summed E-state index contributed by atoms with van der Waals surface area (Å²) >= 11 is 0. The van der Waals surface area contributed by atoms with Crippen molar-refractivity contribution in [2.45, 2.75) is 53.9 Å². The molecule has 0 aliphatic carbocycles. The molecule has 0 aromatic rings. The lowest BCUT2D eigenvalue weighted by molar-refractivity contribution is -0.171. The number of esters is 2. The molecule has 0 atom stereocenters. The van der Waals surface area contributed by atoms with Gasteiger partial charge in [0.1, 0.15) is 0 Å². The number of rotatable bonds is 6. The van der Waals surface area contributed by atoms with Crippen molar-refractivity contribution in [3.05, 3.63) is 11.6 Å². The average molecular weight is 256 g/mol. The molecule has 4 heteroatoms. The van der Waals surface area contributed by atoms with Crippen LogP contribution in [-0.4, -0.2) is 18.7 Å². The van der Waals surface area contributed by atoms with Crippen molar-refractivity contribution in [1.82, 2.24) is 0 Å². The Labute approximate surface area is 109 Å². The van der Waals surface area contributed by atoms with Crippen LogP contribution in [0.15, 0.2) is 11.6 Å². The third-order valence-corrected chi connectivity index (χ3v) is 2.22. The van der Waals surface area contributed by atoms with E-state index >= 15 is 0 Å². The number of allylic oxidation sites excluding steroid dienone is 1. The monoisotopic (exact) mass is 256 g/mol. The Bertz CT molecular complexity index is 310. The first-order chi connectivity index (χ1) is 8.32. The standard InChI is InChI=1S/C14H24O4/c1-6-8-11(9-7-2)12(15)17-10-18-13(16)14(3,4)5/h8H,6-7,9-10H2,1-5H3. The molecule has 0 aromatic heterocycles. The maximum absolute atomic E-state index is 11.7. The topological polar surface area (TPSA) is 52.6 Å². The van der Waals surface area contributed by atoms with E-state index in [1.54, 1.807) is 20.8 Å². The van der Waals surface area contributed by atoms with Crippen molar-refractivity contribution in [1.29, 1.82) is 0 Å². The van der Waals surface area contributed by atoms with Gasteiger partial charge >= 0.3 is 11.9 Å². The molecule has 0 aromatic carbocycles. The van der Waals surface area contributed by atoms with Crippen LogP contribution in [0.25, 0.3) is 0 Å².